The number of nitrogens with zero attached hydrogens (tertiary/aromatic N) is 4. The van der Waals surface area contributed by atoms with Crippen molar-refractivity contribution in [2.24, 2.45) is 15.7 Å². The fourth-order valence-corrected chi connectivity index (χ4v) is 6.61. The number of aryl methyl sites for hydroxylation is 1. The topological polar surface area (TPSA) is 74.3 Å². The molecule has 2 aromatic rings. The number of benzene rings is 1. The van der Waals surface area contributed by atoms with Crippen LogP contribution in [0.3, 0.4) is 0 Å². The summed E-state index contributed by atoms with van der Waals surface area (Å²) in [6.07, 6.45) is 1.89. The molecule has 2 N–H and O–H groups in total. The van der Waals surface area contributed by atoms with Crippen molar-refractivity contribution >= 4 is 46.4 Å². The van der Waals surface area contributed by atoms with Gasteiger partial charge in [0.1, 0.15) is 4.88 Å². The number of thiophene rings is 1. The minimum absolute atomic E-state index is 0.0567. The fourth-order valence-electron chi connectivity index (χ4n) is 4.11. The van der Waals surface area contributed by atoms with Crippen LogP contribution in [0, 0.1) is 0 Å². The number of thioether (sulfide) groups is 1. The van der Waals surface area contributed by atoms with Crippen molar-refractivity contribution in [2.75, 3.05) is 32.9 Å². The fraction of sp³-hybridized carbons (Fsp3) is 0.444. The number of hydrogen-bond acceptors (Lipinski definition) is 5. The second-order valence-corrected chi connectivity index (χ2v) is 10.9. The SMILES string of the molecule is C=C(C)/C(=N\C(N)=Nc1cc2c(cc1CC)CN(C)CC2)c1cc2c(s1)C(=O)N(C)CCS2.CC. The molecule has 4 rings (SSSR count). The molecular formula is C27H37N5OS2. The quantitative estimate of drug-likeness (QED) is 0.434. The van der Waals surface area contributed by atoms with Crippen LogP contribution in [-0.4, -0.2) is 60.3 Å². The van der Waals surface area contributed by atoms with E-state index in [-0.39, 0.29) is 11.9 Å². The molecule has 35 heavy (non-hydrogen) atoms. The molecule has 0 spiro atoms. The van der Waals surface area contributed by atoms with E-state index in [0.29, 0.717) is 5.71 Å². The number of amides is 1. The number of rotatable bonds is 4. The maximum Gasteiger partial charge on any atom is 0.264 e. The van der Waals surface area contributed by atoms with Gasteiger partial charge in [-0.05, 0) is 61.2 Å². The van der Waals surface area contributed by atoms with Crippen LogP contribution in [0.5, 0.6) is 0 Å². The van der Waals surface area contributed by atoms with Gasteiger partial charge in [-0.25, -0.2) is 9.98 Å². The third-order valence-corrected chi connectivity index (χ3v) is 8.29. The van der Waals surface area contributed by atoms with Gasteiger partial charge in [-0.3, -0.25) is 4.79 Å². The summed E-state index contributed by atoms with van der Waals surface area (Å²) < 4.78 is 0. The molecule has 1 amide bonds. The average molecular weight is 512 g/mol. The highest BCUT2D eigenvalue weighted by molar-refractivity contribution is 7.99. The number of carbonyl (C=O) groups excluding carboxylic acids is 1. The lowest BCUT2D eigenvalue weighted by Gasteiger charge is -2.26. The summed E-state index contributed by atoms with van der Waals surface area (Å²) >= 11 is 3.16. The first-order valence-corrected chi connectivity index (χ1v) is 14.0. The van der Waals surface area contributed by atoms with E-state index in [9.17, 15) is 4.79 Å². The Morgan fingerprint density at radius 3 is 2.60 bits per heavy atom. The highest BCUT2D eigenvalue weighted by atomic mass is 32.2. The molecule has 0 bridgehead atoms. The van der Waals surface area contributed by atoms with E-state index < -0.39 is 0 Å². The molecule has 2 aliphatic rings. The maximum absolute atomic E-state index is 12.7. The highest BCUT2D eigenvalue weighted by Crippen LogP contribution is 2.35. The molecule has 1 aromatic carbocycles. The second-order valence-electron chi connectivity index (χ2n) is 8.68. The summed E-state index contributed by atoms with van der Waals surface area (Å²) in [5.41, 5.74) is 12.6. The summed E-state index contributed by atoms with van der Waals surface area (Å²) in [4.78, 5) is 28.9. The van der Waals surface area contributed by atoms with E-state index in [4.69, 9.17) is 10.7 Å². The molecule has 8 heteroatoms. The highest BCUT2D eigenvalue weighted by Gasteiger charge is 2.25. The van der Waals surface area contributed by atoms with Gasteiger partial charge in [0.2, 0.25) is 5.96 Å². The number of hydrogen-bond donors (Lipinski definition) is 1. The number of nitrogens with two attached hydrogens (primary N) is 1. The molecule has 1 aromatic heterocycles. The number of allylic oxidation sites excluding steroid dienone is 1. The van der Waals surface area contributed by atoms with Gasteiger partial charge in [0, 0.05) is 37.3 Å². The summed E-state index contributed by atoms with van der Waals surface area (Å²) in [6, 6.07) is 6.47. The first-order valence-electron chi connectivity index (χ1n) is 12.2. The molecule has 0 radical (unpaired) electrons. The molecule has 6 nitrogen and oxygen atoms in total. The van der Waals surface area contributed by atoms with Crippen LogP contribution >= 0.6 is 23.1 Å². The molecule has 2 aliphatic heterocycles. The molecule has 0 fully saturated rings. The lowest BCUT2D eigenvalue weighted by atomic mass is 9.95. The third-order valence-electron chi connectivity index (χ3n) is 6.01. The second kappa shape index (κ2) is 12.0. The van der Waals surface area contributed by atoms with Gasteiger partial charge < -0.3 is 15.5 Å². The predicted molar refractivity (Wildman–Crippen MR) is 152 cm³/mol. The zero-order chi connectivity index (χ0) is 25.7. The van der Waals surface area contributed by atoms with E-state index in [1.807, 2.05) is 33.9 Å². The number of fused-ring (bicyclic) bond motifs is 2. The van der Waals surface area contributed by atoms with Crippen molar-refractivity contribution in [1.82, 2.24) is 9.80 Å². The minimum atomic E-state index is 0.0567. The zero-order valence-electron chi connectivity index (χ0n) is 21.8. The molecule has 0 saturated heterocycles. The summed E-state index contributed by atoms with van der Waals surface area (Å²) in [5, 5.41) is 0. The predicted octanol–water partition coefficient (Wildman–Crippen LogP) is 5.51. The Morgan fingerprint density at radius 1 is 1.17 bits per heavy atom. The van der Waals surface area contributed by atoms with Crippen LogP contribution < -0.4 is 5.73 Å². The van der Waals surface area contributed by atoms with Crippen LogP contribution in [0.25, 0.3) is 0 Å². The maximum atomic E-state index is 12.7. The molecule has 188 valence electrons. The molecule has 3 heterocycles. The summed E-state index contributed by atoms with van der Waals surface area (Å²) in [7, 11) is 4.00. The largest absolute Gasteiger partial charge is 0.368 e. The van der Waals surface area contributed by atoms with E-state index in [0.717, 1.165) is 64.1 Å². The number of guanidine groups is 1. The number of likely N-dealkylation sites (N-methyl/N-ethyl adjacent to an activating group) is 1. The van der Waals surface area contributed by atoms with E-state index >= 15 is 0 Å². The van der Waals surface area contributed by atoms with Gasteiger partial charge in [-0.2, -0.15) is 0 Å². The van der Waals surface area contributed by atoms with Crippen LogP contribution in [0.15, 0.2) is 45.2 Å². The third kappa shape index (κ3) is 6.23. The Labute approximate surface area is 218 Å². The molecule has 0 aliphatic carbocycles. The van der Waals surface area contributed by atoms with Crippen LogP contribution in [-0.2, 0) is 19.4 Å². The minimum Gasteiger partial charge on any atom is -0.368 e. The van der Waals surface area contributed by atoms with Gasteiger partial charge >= 0.3 is 0 Å². The van der Waals surface area contributed by atoms with Crippen LogP contribution in [0.4, 0.5) is 5.69 Å². The summed E-state index contributed by atoms with van der Waals surface area (Å²) in [5.74, 6) is 1.14. The Balaban J connectivity index is 0.00000167. The van der Waals surface area contributed by atoms with Crippen LogP contribution in [0.1, 0.15) is 58.9 Å². The zero-order valence-corrected chi connectivity index (χ0v) is 23.4. The normalized spacial score (nSPS) is 16.7. The monoisotopic (exact) mass is 511 g/mol. The van der Waals surface area contributed by atoms with Crippen molar-refractivity contribution in [3.63, 3.8) is 0 Å². The van der Waals surface area contributed by atoms with Crippen molar-refractivity contribution < 1.29 is 4.79 Å². The Kier molecular flexibility index (Phi) is 9.33. The Morgan fingerprint density at radius 2 is 1.91 bits per heavy atom. The van der Waals surface area contributed by atoms with E-state index in [1.165, 1.54) is 28.0 Å². The molecular weight excluding hydrogens is 474 g/mol. The first-order chi connectivity index (χ1) is 16.8. The smallest absolute Gasteiger partial charge is 0.264 e. The lowest BCUT2D eigenvalue weighted by molar-refractivity contribution is 0.0807. The van der Waals surface area contributed by atoms with E-state index in [2.05, 4.69) is 42.6 Å². The van der Waals surface area contributed by atoms with Crippen molar-refractivity contribution in [2.45, 2.75) is 52.0 Å². The van der Waals surface area contributed by atoms with Crippen molar-refractivity contribution in [1.29, 1.82) is 0 Å². The van der Waals surface area contributed by atoms with Gasteiger partial charge in [0.25, 0.3) is 5.91 Å². The number of aliphatic imine (C=N–C) groups is 2. The Hall–Kier alpha value is -2.42. The van der Waals surface area contributed by atoms with Gasteiger partial charge in [-0.1, -0.05) is 33.4 Å². The standard InChI is InChI=1S/C25H31N5OS2.C2H6/c1-6-16-11-18-14-29(4)8-7-17(18)12-19(16)27-25(26)28-22(15(2)3)20-13-21-23(33-20)24(31)30(5)9-10-32-21;1-2/h11-13H,2,6-10,14H2,1,3-5H3,(H2,26,27);1-2H3/b28-22+;. The Bertz CT molecular complexity index is 1160. The molecule has 0 atom stereocenters. The molecule has 0 unspecified atom stereocenters. The van der Waals surface area contributed by atoms with E-state index in [1.54, 1.807) is 16.7 Å². The van der Waals surface area contributed by atoms with Gasteiger partial charge in [0.15, 0.2) is 0 Å². The summed E-state index contributed by atoms with van der Waals surface area (Å²) in [6.45, 7) is 14.9. The first kappa shape index (κ1) is 27.2. The van der Waals surface area contributed by atoms with Gasteiger partial charge in [0.05, 0.1) is 16.3 Å². The average Bonchev–Trinajstić information content (AvgIpc) is 3.21. The van der Waals surface area contributed by atoms with Crippen LogP contribution in [0.2, 0.25) is 0 Å². The van der Waals surface area contributed by atoms with Gasteiger partial charge in [-0.15, -0.1) is 23.1 Å². The molecule has 0 saturated carbocycles. The van der Waals surface area contributed by atoms with Crippen molar-refractivity contribution in [3.05, 3.63) is 56.8 Å². The number of carbonyl (C=O) groups is 1. The van der Waals surface area contributed by atoms with Crippen molar-refractivity contribution in [3.8, 4) is 0 Å². The lowest BCUT2D eigenvalue weighted by Crippen LogP contribution is -2.26.